The van der Waals surface area contributed by atoms with Crippen molar-refractivity contribution in [2.24, 2.45) is 0 Å². The van der Waals surface area contributed by atoms with Gasteiger partial charge in [-0.15, -0.1) is 0 Å². The lowest BCUT2D eigenvalue weighted by atomic mass is 10.1. The predicted molar refractivity (Wildman–Crippen MR) is 102 cm³/mol. The van der Waals surface area contributed by atoms with Gasteiger partial charge < -0.3 is 14.6 Å². The van der Waals surface area contributed by atoms with Crippen molar-refractivity contribution in [2.75, 3.05) is 11.7 Å². The molecule has 1 saturated heterocycles. The quantitative estimate of drug-likeness (QED) is 0.640. The standard InChI is InChI=1S/C18H11NO5S2/c20-16-15(7-10-4-5-13-14(6-10)24-9-23-13)26-18(25)19(16)12-3-1-2-11(8-12)17(21)22/h1-8H,9H2,(H,21,22). The summed E-state index contributed by atoms with van der Waals surface area (Å²) in [5.41, 5.74) is 1.31. The van der Waals surface area contributed by atoms with Crippen molar-refractivity contribution in [3.8, 4) is 11.5 Å². The number of anilines is 1. The van der Waals surface area contributed by atoms with Crippen LogP contribution in [0.15, 0.2) is 47.4 Å². The summed E-state index contributed by atoms with van der Waals surface area (Å²) in [6.07, 6.45) is 1.72. The van der Waals surface area contributed by atoms with Crippen molar-refractivity contribution in [3.63, 3.8) is 0 Å². The van der Waals surface area contributed by atoms with Gasteiger partial charge in [-0.2, -0.15) is 0 Å². The zero-order valence-electron chi connectivity index (χ0n) is 13.2. The Morgan fingerprint density at radius 1 is 1.19 bits per heavy atom. The van der Waals surface area contributed by atoms with Crippen LogP contribution < -0.4 is 14.4 Å². The molecule has 2 heterocycles. The topological polar surface area (TPSA) is 76.1 Å². The minimum atomic E-state index is -1.06. The highest BCUT2D eigenvalue weighted by atomic mass is 32.2. The van der Waals surface area contributed by atoms with Gasteiger partial charge >= 0.3 is 5.97 Å². The number of benzene rings is 2. The first-order chi connectivity index (χ1) is 12.5. The number of nitrogens with zero attached hydrogens (tertiary/aromatic N) is 1. The monoisotopic (exact) mass is 385 g/mol. The van der Waals surface area contributed by atoms with Crippen LogP contribution in [0.2, 0.25) is 0 Å². The number of aromatic carboxylic acids is 1. The SMILES string of the molecule is O=C(O)c1cccc(N2C(=O)C(=Cc3ccc4c(c3)OCO4)SC2=S)c1. The molecule has 0 spiro atoms. The van der Waals surface area contributed by atoms with Crippen LogP contribution in [0, 0.1) is 0 Å². The van der Waals surface area contributed by atoms with E-state index in [2.05, 4.69) is 0 Å². The van der Waals surface area contributed by atoms with E-state index in [1.165, 1.54) is 28.8 Å². The van der Waals surface area contributed by atoms with Gasteiger partial charge in [-0.05, 0) is 42.0 Å². The average Bonchev–Trinajstić information content (AvgIpc) is 3.19. The average molecular weight is 385 g/mol. The van der Waals surface area contributed by atoms with E-state index in [9.17, 15) is 9.59 Å². The molecule has 26 heavy (non-hydrogen) atoms. The lowest BCUT2D eigenvalue weighted by Crippen LogP contribution is -2.27. The van der Waals surface area contributed by atoms with Crippen LogP contribution in [0.25, 0.3) is 6.08 Å². The van der Waals surface area contributed by atoms with E-state index in [4.69, 9.17) is 26.8 Å². The fourth-order valence-electron chi connectivity index (χ4n) is 2.62. The van der Waals surface area contributed by atoms with Gasteiger partial charge in [0.1, 0.15) is 0 Å². The molecule has 2 aliphatic heterocycles. The molecule has 0 bridgehead atoms. The van der Waals surface area contributed by atoms with Crippen LogP contribution in [0.4, 0.5) is 5.69 Å². The number of hydrogen-bond acceptors (Lipinski definition) is 6. The van der Waals surface area contributed by atoms with Crippen LogP contribution in [0.3, 0.4) is 0 Å². The molecule has 0 atom stereocenters. The largest absolute Gasteiger partial charge is 0.478 e. The van der Waals surface area contributed by atoms with E-state index in [0.29, 0.717) is 26.4 Å². The molecule has 130 valence electrons. The number of carboxylic acid groups (broad SMARTS) is 1. The summed E-state index contributed by atoms with van der Waals surface area (Å²) in [6.45, 7) is 0.181. The summed E-state index contributed by atoms with van der Waals surface area (Å²) in [5, 5.41) is 9.13. The van der Waals surface area contributed by atoms with Crippen molar-refractivity contribution in [3.05, 3.63) is 58.5 Å². The first-order valence-corrected chi connectivity index (χ1v) is 8.76. The second-order valence-corrected chi connectivity index (χ2v) is 7.16. The maximum Gasteiger partial charge on any atom is 0.335 e. The molecular formula is C18H11NO5S2. The first kappa shape index (κ1) is 16.6. The Bertz CT molecular complexity index is 985. The maximum absolute atomic E-state index is 12.8. The number of thioether (sulfide) groups is 1. The Morgan fingerprint density at radius 3 is 2.81 bits per heavy atom. The van der Waals surface area contributed by atoms with E-state index in [1.807, 2.05) is 6.07 Å². The molecule has 0 saturated carbocycles. The number of carbonyl (C=O) groups is 2. The minimum absolute atomic E-state index is 0.0938. The molecule has 0 unspecified atom stereocenters. The van der Waals surface area contributed by atoms with Crippen LogP contribution in [0.1, 0.15) is 15.9 Å². The summed E-state index contributed by atoms with van der Waals surface area (Å²) in [7, 11) is 0. The van der Waals surface area contributed by atoms with Crippen molar-refractivity contribution in [2.45, 2.75) is 0 Å². The molecule has 1 amide bonds. The smallest absolute Gasteiger partial charge is 0.335 e. The molecule has 4 rings (SSSR count). The van der Waals surface area contributed by atoms with Gasteiger partial charge in [0.05, 0.1) is 16.2 Å². The Balaban J connectivity index is 1.65. The predicted octanol–water partition coefficient (Wildman–Crippen LogP) is 3.52. The zero-order chi connectivity index (χ0) is 18.3. The van der Waals surface area contributed by atoms with Gasteiger partial charge in [-0.25, -0.2) is 4.79 Å². The number of ether oxygens (including phenoxy) is 2. The van der Waals surface area contributed by atoms with Crippen molar-refractivity contribution in [1.82, 2.24) is 0 Å². The Labute approximate surface area is 158 Å². The van der Waals surface area contributed by atoms with E-state index >= 15 is 0 Å². The number of carbonyl (C=O) groups excluding carboxylic acids is 1. The van der Waals surface area contributed by atoms with Crippen LogP contribution >= 0.6 is 24.0 Å². The second kappa shape index (κ2) is 6.47. The summed E-state index contributed by atoms with van der Waals surface area (Å²) >= 11 is 6.48. The summed E-state index contributed by atoms with van der Waals surface area (Å²) in [5.74, 6) is -0.0584. The molecule has 0 radical (unpaired) electrons. The number of fused-ring (bicyclic) bond motifs is 1. The third kappa shape index (κ3) is 2.93. The van der Waals surface area contributed by atoms with E-state index in [1.54, 1.807) is 30.3 Å². The highest BCUT2D eigenvalue weighted by Gasteiger charge is 2.33. The van der Waals surface area contributed by atoms with Gasteiger partial charge in [0.25, 0.3) is 5.91 Å². The molecule has 8 heteroatoms. The third-order valence-electron chi connectivity index (χ3n) is 3.84. The van der Waals surface area contributed by atoms with Crippen LogP contribution in [0.5, 0.6) is 11.5 Å². The summed E-state index contributed by atoms with van der Waals surface area (Å²) < 4.78 is 11.0. The van der Waals surface area contributed by atoms with E-state index < -0.39 is 5.97 Å². The highest BCUT2D eigenvalue weighted by molar-refractivity contribution is 8.27. The first-order valence-electron chi connectivity index (χ1n) is 7.54. The Kier molecular flexibility index (Phi) is 4.14. The van der Waals surface area contributed by atoms with Crippen molar-refractivity contribution < 1.29 is 24.2 Å². The fourth-order valence-corrected chi connectivity index (χ4v) is 3.92. The van der Waals surface area contributed by atoms with E-state index in [-0.39, 0.29) is 18.3 Å². The number of rotatable bonds is 3. The van der Waals surface area contributed by atoms with Gasteiger partial charge in [0, 0.05) is 0 Å². The molecular weight excluding hydrogens is 374 g/mol. The number of thiocarbonyl (C=S) groups is 1. The van der Waals surface area contributed by atoms with Crippen molar-refractivity contribution in [1.29, 1.82) is 0 Å². The summed E-state index contributed by atoms with van der Waals surface area (Å²) in [6, 6.07) is 11.5. The lowest BCUT2D eigenvalue weighted by molar-refractivity contribution is -0.113. The van der Waals surface area contributed by atoms with Crippen molar-refractivity contribution >= 4 is 51.9 Å². The minimum Gasteiger partial charge on any atom is -0.478 e. The summed E-state index contributed by atoms with van der Waals surface area (Å²) in [4.78, 5) is 25.7. The zero-order valence-corrected chi connectivity index (χ0v) is 14.8. The lowest BCUT2D eigenvalue weighted by Gasteiger charge is -2.14. The molecule has 0 aliphatic carbocycles. The molecule has 2 aliphatic rings. The van der Waals surface area contributed by atoms with Crippen LogP contribution in [-0.2, 0) is 4.79 Å². The van der Waals surface area contributed by atoms with Gasteiger partial charge in [-0.1, -0.05) is 36.1 Å². The molecule has 1 N–H and O–H groups in total. The normalized spacial score (nSPS) is 17.2. The highest BCUT2D eigenvalue weighted by Crippen LogP contribution is 2.38. The number of amides is 1. The van der Waals surface area contributed by atoms with Gasteiger partial charge in [0.15, 0.2) is 15.8 Å². The molecule has 6 nitrogen and oxygen atoms in total. The number of hydrogen-bond donors (Lipinski definition) is 1. The number of carboxylic acids is 1. The maximum atomic E-state index is 12.8. The molecule has 2 aromatic rings. The second-order valence-electron chi connectivity index (χ2n) is 5.49. The van der Waals surface area contributed by atoms with Gasteiger partial charge in [0.2, 0.25) is 6.79 Å². The third-order valence-corrected chi connectivity index (χ3v) is 5.14. The van der Waals surface area contributed by atoms with Gasteiger partial charge in [-0.3, -0.25) is 9.69 Å². The molecule has 2 aromatic carbocycles. The Hall–Kier alpha value is -2.84. The molecule has 0 aromatic heterocycles. The Morgan fingerprint density at radius 2 is 2.00 bits per heavy atom. The molecule has 1 fully saturated rings. The fraction of sp³-hybridized carbons (Fsp3) is 0.0556. The van der Waals surface area contributed by atoms with E-state index in [0.717, 1.165) is 5.56 Å². The van der Waals surface area contributed by atoms with Crippen LogP contribution in [-0.4, -0.2) is 28.1 Å².